The number of ether oxygens (including phenoxy) is 2. The van der Waals surface area contributed by atoms with Crippen molar-refractivity contribution in [2.75, 3.05) is 18.5 Å². The molecular weight excluding hydrogens is 344 g/mol. The first kappa shape index (κ1) is 18.6. The molecular formula is C18H19ClN2O4. The fraction of sp³-hybridized carbons (Fsp3) is 0.222. The van der Waals surface area contributed by atoms with Gasteiger partial charge in [0.25, 0.3) is 0 Å². The van der Waals surface area contributed by atoms with Crippen LogP contribution < -0.4 is 15.4 Å². The summed E-state index contributed by atoms with van der Waals surface area (Å²) in [5.74, 6) is 0.336. The molecule has 2 N–H and O–H groups in total. The van der Waals surface area contributed by atoms with Crippen molar-refractivity contribution in [1.82, 2.24) is 5.32 Å². The Morgan fingerprint density at radius 1 is 1.08 bits per heavy atom. The normalized spacial score (nSPS) is 10.0. The number of hydrogen-bond acceptors (Lipinski definition) is 4. The standard InChI is InChI=1S/C18H19ClN2O4/c1-2-24-18(23)25-15-9-7-14(8-10-15)21-17(22)20-12-11-13-5-3-4-6-16(13)19/h3-10H,2,11-12H2,1H3,(H2,20,21,22). The summed E-state index contributed by atoms with van der Waals surface area (Å²) in [7, 11) is 0. The van der Waals surface area contributed by atoms with Crippen LogP contribution >= 0.6 is 11.6 Å². The summed E-state index contributed by atoms with van der Waals surface area (Å²) < 4.78 is 9.62. The summed E-state index contributed by atoms with van der Waals surface area (Å²) in [5.41, 5.74) is 1.55. The largest absolute Gasteiger partial charge is 0.513 e. The first-order valence-corrected chi connectivity index (χ1v) is 8.19. The van der Waals surface area contributed by atoms with Gasteiger partial charge in [-0.1, -0.05) is 29.8 Å². The van der Waals surface area contributed by atoms with Crippen LogP contribution in [0.4, 0.5) is 15.3 Å². The molecule has 2 rings (SSSR count). The number of urea groups is 1. The number of rotatable bonds is 6. The maximum absolute atomic E-state index is 11.9. The van der Waals surface area contributed by atoms with Crippen molar-refractivity contribution in [3.8, 4) is 5.75 Å². The van der Waals surface area contributed by atoms with Crippen molar-refractivity contribution < 1.29 is 19.1 Å². The zero-order valence-electron chi connectivity index (χ0n) is 13.8. The van der Waals surface area contributed by atoms with Gasteiger partial charge < -0.3 is 20.1 Å². The van der Waals surface area contributed by atoms with Crippen molar-refractivity contribution in [3.63, 3.8) is 0 Å². The molecule has 0 saturated carbocycles. The van der Waals surface area contributed by atoms with Crippen LogP contribution in [0.5, 0.6) is 5.75 Å². The lowest BCUT2D eigenvalue weighted by Crippen LogP contribution is -2.30. The second kappa shape index (κ2) is 9.54. The number of carbonyl (C=O) groups is 2. The Bertz CT molecular complexity index is 719. The number of halogens is 1. The number of anilines is 1. The average Bonchev–Trinajstić information content (AvgIpc) is 2.58. The summed E-state index contributed by atoms with van der Waals surface area (Å²) in [4.78, 5) is 23.1. The molecule has 2 aromatic carbocycles. The molecule has 25 heavy (non-hydrogen) atoms. The van der Waals surface area contributed by atoms with E-state index in [4.69, 9.17) is 16.3 Å². The molecule has 0 aliphatic rings. The lowest BCUT2D eigenvalue weighted by Gasteiger charge is -2.09. The number of benzene rings is 2. The lowest BCUT2D eigenvalue weighted by atomic mass is 10.1. The topological polar surface area (TPSA) is 76.7 Å². The highest BCUT2D eigenvalue weighted by atomic mass is 35.5. The number of amides is 2. The minimum Gasteiger partial charge on any atom is -0.434 e. The molecule has 0 heterocycles. The Kier molecular flexibility index (Phi) is 7.10. The maximum Gasteiger partial charge on any atom is 0.513 e. The second-order valence-corrected chi connectivity index (χ2v) is 5.44. The minimum atomic E-state index is -0.763. The monoisotopic (exact) mass is 362 g/mol. The van der Waals surface area contributed by atoms with Gasteiger partial charge in [-0.3, -0.25) is 0 Å². The van der Waals surface area contributed by atoms with E-state index in [1.54, 1.807) is 31.2 Å². The van der Waals surface area contributed by atoms with Gasteiger partial charge in [0.2, 0.25) is 0 Å². The zero-order chi connectivity index (χ0) is 18.1. The SMILES string of the molecule is CCOC(=O)Oc1ccc(NC(=O)NCCc2ccccc2Cl)cc1. The van der Waals surface area contributed by atoms with E-state index in [1.807, 2.05) is 24.3 Å². The van der Waals surface area contributed by atoms with E-state index in [0.717, 1.165) is 5.56 Å². The second-order valence-electron chi connectivity index (χ2n) is 5.03. The molecule has 0 radical (unpaired) electrons. The van der Waals surface area contributed by atoms with Gasteiger partial charge in [-0.25, -0.2) is 9.59 Å². The average molecular weight is 363 g/mol. The molecule has 6 nitrogen and oxygen atoms in total. The Labute approximate surface area is 151 Å². The van der Waals surface area contributed by atoms with Crippen molar-refractivity contribution >= 4 is 29.5 Å². The van der Waals surface area contributed by atoms with E-state index in [-0.39, 0.29) is 12.6 Å². The van der Waals surface area contributed by atoms with E-state index in [9.17, 15) is 9.59 Å². The molecule has 0 atom stereocenters. The minimum absolute atomic E-state index is 0.243. The predicted octanol–water partition coefficient (Wildman–Crippen LogP) is 4.24. The highest BCUT2D eigenvalue weighted by molar-refractivity contribution is 6.31. The van der Waals surface area contributed by atoms with E-state index in [1.165, 1.54) is 0 Å². The molecule has 0 aliphatic heterocycles. The van der Waals surface area contributed by atoms with Crippen LogP contribution in [-0.2, 0) is 11.2 Å². The van der Waals surface area contributed by atoms with Crippen LogP contribution in [0.1, 0.15) is 12.5 Å². The van der Waals surface area contributed by atoms with Crippen LogP contribution in [0, 0.1) is 0 Å². The van der Waals surface area contributed by atoms with Gasteiger partial charge in [-0.2, -0.15) is 0 Å². The molecule has 7 heteroatoms. The van der Waals surface area contributed by atoms with E-state index < -0.39 is 6.16 Å². The van der Waals surface area contributed by atoms with E-state index in [0.29, 0.717) is 29.4 Å². The van der Waals surface area contributed by atoms with Crippen molar-refractivity contribution in [3.05, 3.63) is 59.1 Å². The Hall–Kier alpha value is -2.73. The van der Waals surface area contributed by atoms with Crippen molar-refractivity contribution in [2.45, 2.75) is 13.3 Å². The van der Waals surface area contributed by atoms with E-state index in [2.05, 4.69) is 15.4 Å². The quantitative estimate of drug-likeness (QED) is 0.595. The van der Waals surface area contributed by atoms with Gasteiger partial charge in [0.05, 0.1) is 6.61 Å². The smallest absolute Gasteiger partial charge is 0.434 e. The highest BCUT2D eigenvalue weighted by Gasteiger charge is 2.06. The molecule has 0 fully saturated rings. The van der Waals surface area contributed by atoms with Crippen LogP contribution in [0.25, 0.3) is 0 Å². The van der Waals surface area contributed by atoms with Gasteiger partial charge >= 0.3 is 12.2 Å². The maximum atomic E-state index is 11.9. The Morgan fingerprint density at radius 2 is 1.80 bits per heavy atom. The molecule has 2 amide bonds. The van der Waals surface area contributed by atoms with Crippen LogP contribution in [0.3, 0.4) is 0 Å². The summed E-state index contributed by atoms with van der Waals surface area (Å²) >= 11 is 6.07. The first-order chi connectivity index (χ1) is 12.1. The predicted molar refractivity (Wildman–Crippen MR) is 96.3 cm³/mol. The third-order valence-corrected chi connectivity index (χ3v) is 3.58. The van der Waals surface area contributed by atoms with Crippen LogP contribution in [0.15, 0.2) is 48.5 Å². The summed E-state index contributed by atoms with van der Waals surface area (Å²) in [5, 5.41) is 6.13. The molecule has 0 unspecified atom stereocenters. The van der Waals surface area contributed by atoms with Crippen LogP contribution in [-0.4, -0.2) is 25.3 Å². The summed E-state index contributed by atoms with van der Waals surface area (Å²) in [6, 6.07) is 13.6. The molecule has 132 valence electrons. The first-order valence-electron chi connectivity index (χ1n) is 7.81. The highest BCUT2D eigenvalue weighted by Crippen LogP contribution is 2.16. The molecule has 0 saturated heterocycles. The Morgan fingerprint density at radius 3 is 2.48 bits per heavy atom. The fourth-order valence-corrected chi connectivity index (χ4v) is 2.27. The Balaban J connectivity index is 1.76. The van der Waals surface area contributed by atoms with Crippen LogP contribution in [0.2, 0.25) is 5.02 Å². The number of carbonyl (C=O) groups excluding carboxylic acids is 2. The van der Waals surface area contributed by atoms with Gasteiger partial charge in [-0.15, -0.1) is 0 Å². The van der Waals surface area contributed by atoms with Gasteiger partial charge in [0.15, 0.2) is 0 Å². The van der Waals surface area contributed by atoms with Crippen molar-refractivity contribution in [2.24, 2.45) is 0 Å². The van der Waals surface area contributed by atoms with E-state index >= 15 is 0 Å². The summed E-state index contributed by atoms with van der Waals surface area (Å²) in [6.45, 7) is 2.39. The molecule has 0 bridgehead atoms. The van der Waals surface area contributed by atoms with Gasteiger partial charge in [-0.05, 0) is 49.2 Å². The zero-order valence-corrected chi connectivity index (χ0v) is 14.5. The molecule has 2 aromatic rings. The third-order valence-electron chi connectivity index (χ3n) is 3.21. The molecule has 0 aliphatic carbocycles. The number of hydrogen-bond donors (Lipinski definition) is 2. The van der Waals surface area contributed by atoms with Gasteiger partial charge in [0.1, 0.15) is 5.75 Å². The van der Waals surface area contributed by atoms with Gasteiger partial charge in [0, 0.05) is 17.3 Å². The third kappa shape index (κ3) is 6.35. The fourth-order valence-electron chi connectivity index (χ4n) is 2.04. The summed E-state index contributed by atoms with van der Waals surface area (Å²) in [6.07, 6.45) is -0.125. The molecule has 0 spiro atoms. The van der Waals surface area contributed by atoms with Crippen molar-refractivity contribution in [1.29, 1.82) is 0 Å². The molecule has 0 aromatic heterocycles. The number of nitrogens with one attached hydrogen (secondary N) is 2. The lowest BCUT2D eigenvalue weighted by molar-refractivity contribution is 0.104.